The van der Waals surface area contributed by atoms with E-state index in [9.17, 15) is 19.7 Å². The molecule has 9 nitrogen and oxygen atoms in total. The molecule has 0 saturated heterocycles. The Bertz CT molecular complexity index is 862. The average molecular weight is 457 g/mol. The fraction of sp³-hybridized carbons (Fsp3) is 0.188. The molecule has 0 bridgehead atoms. The number of nitro groups is 1. The lowest BCUT2D eigenvalue weighted by Gasteiger charge is -2.16. The van der Waals surface area contributed by atoms with E-state index in [2.05, 4.69) is 31.5 Å². The molecule has 0 aliphatic rings. The van der Waals surface area contributed by atoms with Gasteiger partial charge in [-0.05, 0) is 47.2 Å². The molecule has 0 fully saturated rings. The van der Waals surface area contributed by atoms with Gasteiger partial charge in [-0.1, -0.05) is 11.6 Å². The van der Waals surface area contributed by atoms with Crippen molar-refractivity contribution in [3.8, 4) is 0 Å². The first-order valence-electron chi connectivity index (χ1n) is 7.58. The molecule has 1 heterocycles. The van der Waals surface area contributed by atoms with Crippen LogP contribution in [0.5, 0.6) is 0 Å². The highest BCUT2D eigenvalue weighted by Crippen LogP contribution is 2.27. The molecule has 0 spiro atoms. The molecule has 0 unspecified atom stereocenters. The predicted molar refractivity (Wildman–Crippen MR) is 105 cm³/mol. The maximum Gasteiger partial charge on any atom is 0.289 e. The molecule has 0 saturated carbocycles. The zero-order chi connectivity index (χ0) is 20.0. The number of hydrogen-bond acceptors (Lipinski definition) is 6. The van der Waals surface area contributed by atoms with E-state index >= 15 is 0 Å². The van der Waals surface area contributed by atoms with Gasteiger partial charge < -0.3 is 10.6 Å². The largest absolute Gasteiger partial charge is 0.325 e. The molecule has 0 aliphatic carbocycles. The maximum atomic E-state index is 12.1. The Morgan fingerprint density at radius 1 is 1.22 bits per heavy atom. The zero-order valence-corrected chi connectivity index (χ0v) is 16.5. The first-order chi connectivity index (χ1) is 12.7. The van der Waals surface area contributed by atoms with Crippen molar-refractivity contribution in [2.24, 2.45) is 0 Å². The Labute approximate surface area is 168 Å². The molecular weight excluding hydrogens is 442 g/mol. The molecule has 11 heteroatoms. The Morgan fingerprint density at radius 3 is 2.48 bits per heavy atom. The monoisotopic (exact) mass is 455 g/mol. The third-order valence-corrected chi connectivity index (χ3v) is 4.04. The van der Waals surface area contributed by atoms with Gasteiger partial charge in [0.2, 0.25) is 11.8 Å². The van der Waals surface area contributed by atoms with Crippen molar-refractivity contribution in [1.29, 1.82) is 0 Å². The number of nitrogens with one attached hydrogen (secondary N) is 2. The number of nitro benzene ring substituents is 1. The molecule has 0 aliphatic heterocycles. The number of anilines is 2. The molecule has 2 N–H and O–H groups in total. The van der Waals surface area contributed by atoms with Gasteiger partial charge in [-0.15, -0.1) is 0 Å². The number of aromatic nitrogens is 1. The van der Waals surface area contributed by atoms with Crippen LogP contribution in [0.4, 0.5) is 17.2 Å². The summed E-state index contributed by atoms with van der Waals surface area (Å²) < 4.78 is 0.789. The SMILES string of the molecule is CN(CC(=O)Nc1ccc(Cl)c([N+](=O)[O-])c1)CC(=O)Nc1ccc(Br)cn1. The summed E-state index contributed by atoms with van der Waals surface area (Å²) in [5, 5.41) is 16.0. The van der Waals surface area contributed by atoms with E-state index in [1.54, 1.807) is 25.4 Å². The third kappa shape index (κ3) is 6.59. The van der Waals surface area contributed by atoms with Gasteiger partial charge in [0, 0.05) is 22.4 Å². The van der Waals surface area contributed by atoms with Crippen LogP contribution in [0.25, 0.3) is 0 Å². The van der Waals surface area contributed by atoms with Crippen molar-refractivity contribution < 1.29 is 14.5 Å². The number of likely N-dealkylation sites (N-methyl/N-ethyl adjacent to an activating group) is 1. The number of rotatable bonds is 7. The number of halogens is 2. The summed E-state index contributed by atoms with van der Waals surface area (Å²) in [7, 11) is 1.60. The summed E-state index contributed by atoms with van der Waals surface area (Å²) in [6, 6.07) is 7.34. The normalized spacial score (nSPS) is 10.5. The minimum atomic E-state index is -0.634. The Morgan fingerprint density at radius 2 is 1.89 bits per heavy atom. The van der Waals surface area contributed by atoms with Crippen molar-refractivity contribution >= 4 is 56.5 Å². The second-order valence-electron chi connectivity index (χ2n) is 5.55. The molecule has 142 valence electrons. The van der Waals surface area contributed by atoms with Gasteiger partial charge in [0.1, 0.15) is 10.8 Å². The van der Waals surface area contributed by atoms with E-state index in [0.29, 0.717) is 5.82 Å². The lowest BCUT2D eigenvalue weighted by molar-refractivity contribution is -0.384. The third-order valence-electron chi connectivity index (χ3n) is 3.25. The second kappa shape index (κ2) is 9.40. The zero-order valence-electron chi connectivity index (χ0n) is 14.1. The van der Waals surface area contributed by atoms with Gasteiger partial charge in [0.25, 0.3) is 5.69 Å². The van der Waals surface area contributed by atoms with Crippen molar-refractivity contribution in [1.82, 2.24) is 9.88 Å². The van der Waals surface area contributed by atoms with E-state index in [-0.39, 0.29) is 35.4 Å². The standard InChI is InChI=1S/C16H15BrClN5O4/c1-22(9-16(25)21-14-5-2-10(17)7-19-14)8-15(24)20-11-3-4-12(18)13(6-11)23(26)27/h2-7H,8-9H2,1H3,(H,20,24)(H,19,21,25). The summed E-state index contributed by atoms with van der Waals surface area (Å²) in [6.45, 7) is -0.121. The van der Waals surface area contributed by atoms with E-state index in [1.807, 2.05) is 0 Å². The number of benzene rings is 1. The lowest BCUT2D eigenvalue weighted by atomic mass is 10.2. The van der Waals surface area contributed by atoms with E-state index in [4.69, 9.17) is 11.6 Å². The number of amides is 2. The quantitative estimate of drug-likeness (QED) is 0.489. The minimum absolute atomic E-state index is 0.0201. The summed E-state index contributed by atoms with van der Waals surface area (Å²) in [4.78, 5) is 39.8. The molecule has 1 aromatic heterocycles. The van der Waals surface area contributed by atoms with Gasteiger partial charge in [0.15, 0.2) is 0 Å². The maximum absolute atomic E-state index is 12.1. The first-order valence-corrected chi connectivity index (χ1v) is 8.75. The van der Waals surface area contributed by atoms with Crippen LogP contribution in [0.3, 0.4) is 0 Å². The predicted octanol–water partition coefficient (Wildman–Crippen LogP) is 2.91. The highest BCUT2D eigenvalue weighted by atomic mass is 79.9. The van der Waals surface area contributed by atoms with E-state index in [1.165, 1.54) is 23.1 Å². The summed E-state index contributed by atoms with van der Waals surface area (Å²) in [5.41, 5.74) is -0.0581. The Kier molecular flexibility index (Phi) is 7.22. The second-order valence-corrected chi connectivity index (χ2v) is 6.88. The number of carbonyl (C=O) groups excluding carboxylic acids is 2. The van der Waals surface area contributed by atoms with Crippen LogP contribution < -0.4 is 10.6 Å². The van der Waals surface area contributed by atoms with Crippen LogP contribution in [-0.4, -0.2) is 46.8 Å². The fourth-order valence-electron chi connectivity index (χ4n) is 2.11. The van der Waals surface area contributed by atoms with Gasteiger partial charge in [-0.25, -0.2) is 4.98 Å². The number of hydrogen-bond donors (Lipinski definition) is 2. The highest BCUT2D eigenvalue weighted by molar-refractivity contribution is 9.10. The van der Waals surface area contributed by atoms with Crippen LogP contribution >= 0.6 is 27.5 Å². The topological polar surface area (TPSA) is 117 Å². The number of pyridine rings is 1. The molecule has 0 atom stereocenters. The molecule has 1 aromatic carbocycles. The van der Waals surface area contributed by atoms with E-state index in [0.717, 1.165) is 4.47 Å². The highest BCUT2D eigenvalue weighted by Gasteiger charge is 2.15. The van der Waals surface area contributed by atoms with Crippen molar-refractivity contribution in [2.75, 3.05) is 30.8 Å². The Hall–Kier alpha value is -2.56. The van der Waals surface area contributed by atoms with Crippen molar-refractivity contribution in [2.45, 2.75) is 0 Å². The van der Waals surface area contributed by atoms with Crippen LogP contribution in [0, 0.1) is 10.1 Å². The summed E-state index contributed by atoms with van der Waals surface area (Å²) >= 11 is 8.98. The smallest absolute Gasteiger partial charge is 0.289 e. The van der Waals surface area contributed by atoms with E-state index < -0.39 is 10.8 Å². The molecule has 27 heavy (non-hydrogen) atoms. The average Bonchev–Trinajstić information content (AvgIpc) is 2.58. The van der Waals surface area contributed by atoms with Crippen LogP contribution in [0.15, 0.2) is 41.0 Å². The first kappa shape index (κ1) is 20.7. The van der Waals surface area contributed by atoms with Crippen molar-refractivity contribution in [3.63, 3.8) is 0 Å². The number of carbonyl (C=O) groups is 2. The minimum Gasteiger partial charge on any atom is -0.325 e. The Balaban J connectivity index is 1.86. The fourth-order valence-corrected chi connectivity index (χ4v) is 2.53. The van der Waals surface area contributed by atoms with Crippen molar-refractivity contribution in [3.05, 3.63) is 56.1 Å². The molecule has 2 aromatic rings. The van der Waals surface area contributed by atoms with Gasteiger partial charge in [-0.3, -0.25) is 24.6 Å². The van der Waals surface area contributed by atoms with Gasteiger partial charge in [0.05, 0.1) is 18.0 Å². The summed E-state index contributed by atoms with van der Waals surface area (Å²) in [5.74, 6) is -0.361. The van der Waals surface area contributed by atoms with Crippen LogP contribution in [0.1, 0.15) is 0 Å². The molecule has 2 rings (SSSR count). The summed E-state index contributed by atoms with van der Waals surface area (Å²) in [6.07, 6.45) is 1.55. The van der Waals surface area contributed by atoms with Crippen LogP contribution in [0.2, 0.25) is 5.02 Å². The molecule has 2 amide bonds. The number of nitrogens with zero attached hydrogens (tertiary/aromatic N) is 3. The van der Waals surface area contributed by atoms with Gasteiger partial charge >= 0.3 is 0 Å². The molecule has 0 radical (unpaired) electrons. The van der Waals surface area contributed by atoms with Crippen LogP contribution in [-0.2, 0) is 9.59 Å². The van der Waals surface area contributed by atoms with Gasteiger partial charge in [-0.2, -0.15) is 0 Å². The molecular formula is C16H15BrClN5O4. The lowest BCUT2D eigenvalue weighted by Crippen LogP contribution is -2.36.